The molecule has 1 aliphatic rings. The van der Waals surface area contributed by atoms with E-state index in [0.717, 1.165) is 18.8 Å². The summed E-state index contributed by atoms with van der Waals surface area (Å²) in [6.07, 6.45) is 1.16. The molecule has 0 atom stereocenters. The van der Waals surface area contributed by atoms with Gasteiger partial charge in [-0.15, -0.1) is 0 Å². The number of amides is 1. The van der Waals surface area contributed by atoms with Crippen molar-refractivity contribution in [3.63, 3.8) is 0 Å². The molecule has 1 saturated heterocycles. The van der Waals surface area contributed by atoms with Gasteiger partial charge in [-0.3, -0.25) is 4.79 Å². The number of para-hydroxylation sites is 2. The van der Waals surface area contributed by atoms with Crippen LogP contribution >= 0.6 is 0 Å². The van der Waals surface area contributed by atoms with Crippen LogP contribution in [0.5, 0.6) is 5.75 Å². The van der Waals surface area contributed by atoms with E-state index in [4.69, 9.17) is 9.84 Å². The second-order valence-corrected chi connectivity index (χ2v) is 6.40. The molecule has 3 N–H and O–H groups in total. The van der Waals surface area contributed by atoms with E-state index in [9.17, 15) is 14.7 Å². The molecule has 0 bridgehead atoms. The van der Waals surface area contributed by atoms with Crippen LogP contribution in [0.3, 0.4) is 0 Å². The number of anilines is 2. The van der Waals surface area contributed by atoms with E-state index in [-0.39, 0.29) is 12.0 Å². The number of carboxylic acid groups (broad SMARTS) is 1. The molecule has 142 valence electrons. The molecule has 1 heterocycles. The van der Waals surface area contributed by atoms with Crippen LogP contribution in [0, 0.1) is 0 Å². The first-order valence-electron chi connectivity index (χ1n) is 8.81. The minimum atomic E-state index is -1.06. The van der Waals surface area contributed by atoms with Gasteiger partial charge in [0.2, 0.25) is 0 Å². The van der Waals surface area contributed by atoms with Crippen LogP contribution in [0.2, 0.25) is 0 Å². The van der Waals surface area contributed by atoms with Gasteiger partial charge >= 0.3 is 5.97 Å². The number of hydrogen-bond donors (Lipinski definition) is 3. The molecule has 0 saturated carbocycles. The lowest BCUT2D eigenvalue weighted by atomic mass is 10.1. The number of carbonyl (C=O) groups excluding carboxylic acids is 1. The first-order valence-corrected chi connectivity index (χ1v) is 8.81. The van der Waals surface area contributed by atoms with E-state index < -0.39 is 12.6 Å². The Balaban J connectivity index is 1.68. The van der Waals surface area contributed by atoms with Crippen molar-refractivity contribution < 1.29 is 24.5 Å². The molecule has 1 aliphatic heterocycles. The number of aliphatic hydroxyl groups excluding tert-OH is 1. The Morgan fingerprint density at radius 2 is 1.74 bits per heavy atom. The number of nitrogens with one attached hydrogen (secondary N) is 1. The van der Waals surface area contributed by atoms with Gasteiger partial charge in [0, 0.05) is 18.7 Å². The Labute approximate surface area is 157 Å². The van der Waals surface area contributed by atoms with Crippen LogP contribution in [-0.2, 0) is 4.79 Å². The monoisotopic (exact) mass is 370 g/mol. The fourth-order valence-corrected chi connectivity index (χ4v) is 3.00. The minimum absolute atomic E-state index is 0.259. The molecule has 0 aliphatic carbocycles. The van der Waals surface area contributed by atoms with E-state index in [1.165, 1.54) is 0 Å². The molecule has 2 aromatic rings. The maximum atomic E-state index is 12.6. The standard InChI is InChI=1S/C20H22N2O5/c23-15-9-11-22(12-10-15)18-4-2-1-3-17(18)21-20(26)14-5-7-16(8-6-14)27-13-19(24)25/h1-8,15,23H,9-13H2,(H,21,26)(H,24,25). The summed E-state index contributed by atoms with van der Waals surface area (Å²) in [5.74, 6) is -0.927. The van der Waals surface area contributed by atoms with Gasteiger partial charge in [0.1, 0.15) is 5.75 Å². The average molecular weight is 370 g/mol. The normalized spacial score (nSPS) is 14.6. The van der Waals surface area contributed by atoms with E-state index in [0.29, 0.717) is 29.8 Å². The first-order chi connectivity index (χ1) is 13.0. The second kappa shape index (κ2) is 8.55. The topological polar surface area (TPSA) is 99.1 Å². The van der Waals surface area contributed by atoms with Crippen LogP contribution < -0.4 is 15.0 Å². The molecular formula is C20H22N2O5. The van der Waals surface area contributed by atoms with Gasteiger partial charge in [0.25, 0.3) is 5.91 Å². The third kappa shape index (κ3) is 4.98. The Bertz CT molecular complexity index is 798. The summed E-state index contributed by atoms with van der Waals surface area (Å²) in [5.41, 5.74) is 2.09. The number of aliphatic carboxylic acids is 1. The summed E-state index contributed by atoms with van der Waals surface area (Å²) in [7, 11) is 0. The van der Waals surface area contributed by atoms with Crippen molar-refractivity contribution >= 4 is 23.3 Å². The predicted molar refractivity (Wildman–Crippen MR) is 101 cm³/mol. The zero-order valence-corrected chi connectivity index (χ0v) is 14.8. The van der Waals surface area contributed by atoms with Gasteiger partial charge in [0.05, 0.1) is 17.5 Å². The van der Waals surface area contributed by atoms with Crippen molar-refractivity contribution in [3.8, 4) is 5.75 Å². The number of piperidine rings is 1. The van der Waals surface area contributed by atoms with Gasteiger partial charge in [-0.25, -0.2) is 4.79 Å². The van der Waals surface area contributed by atoms with Crippen molar-refractivity contribution in [1.82, 2.24) is 0 Å². The Morgan fingerprint density at radius 1 is 1.07 bits per heavy atom. The molecule has 0 aromatic heterocycles. The summed E-state index contributed by atoms with van der Waals surface area (Å²) >= 11 is 0. The molecule has 0 spiro atoms. The smallest absolute Gasteiger partial charge is 0.341 e. The fourth-order valence-electron chi connectivity index (χ4n) is 3.00. The van der Waals surface area contributed by atoms with Crippen LogP contribution in [0.15, 0.2) is 48.5 Å². The number of ether oxygens (including phenoxy) is 1. The van der Waals surface area contributed by atoms with E-state index >= 15 is 0 Å². The van der Waals surface area contributed by atoms with E-state index in [1.807, 2.05) is 24.3 Å². The highest BCUT2D eigenvalue weighted by Gasteiger charge is 2.20. The Morgan fingerprint density at radius 3 is 2.41 bits per heavy atom. The van der Waals surface area contributed by atoms with Crippen molar-refractivity contribution in [1.29, 1.82) is 0 Å². The van der Waals surface area contributed by atoms with Crippen LogP contribution in [0.25, 0.3) is 0 Å². The fraction of sp³-hybridized carbons (Fsp3) is 0.300. The summed E-state index contributed by atoms with van der Waals surface area (Å²) in [5, 5.41) is 21.2. The molecule has 1 fully saturated rings. The number of carbonyl (C=O) groups is 2. The molecule has 2 aromatic carbocycles. The predicted octanol–water partition coefficient (Wildman–Crippen LogP) is 2.36. The summed E-state index contributed by atoms with van der Waals surface area (Å²) in [6.45, 7) is 1.05. The van der Waals surface area contributed by atoms with Crippen LogP contribution in [0.1, 0.15) is 23.2 Å². The molecule has 3 rings (SSSR count). The minimum Gasteiger partial charge on any atom is -0.482 e. The number of hydrogen-bond acceptors (Lipinski definition) is 5. The van der Waals surface area contributed by atoms with E-state index in [1.54, 1.807) is 24.3 Å². The first kappa shape index (κ1) is 18.7. The number of carboxylic acids is 1. The van der Waals surface area contributed by atoms with E-state index in [2.05, 4.69) is 10.2 Å². The Kier molecular flexibility index (Phi) is 5.93. The molecule has 7 heteroatoms. The van der Waals surface area contributed by atoms with Crippen molar-refractivity contribution in [2.24, 2.45) is 0 Å². The van der Waals surface area contributed by atoms with Crippen molar-refractivity contribution in [3.05, 3.63) is 54.1 Å². The third-order valence-corrected chi connectivity index (χ3v) is 4.44. The molecular weight excluding hydrogens is 348 g/mol. The largest absolute Gasteiger partial charge is 0.482 e. The van der Waals surface area contributed by atoms with Crippen molar-refractivity contribution in [2.75, 3.05) is 29.9 Å². The molecule has 0 unspecified atom stereocenters. The van der Waals surface area contributed by atoms with Gasteiger partial charge in [-0.05, 0) is 49.2 Å². The highest BCUT2D eigenvalue weighted by atomic mass is 16.5. The maximum Gasteiger partial charge on any atom is 0.341 e. The van der Waals surface area contributed by atoms with Gasteiger partial charge < -0.3 is 25.2 Å². The molecule has 0 radical (unpaired) electrons. The van der Waals surface area contributed by atoms with Gasteiger partial charge in [0.15, 0.2) is 6.61 Å². The summed E-state index contributed by atoms with van der Waals surface area (Å²) in [6, 6.07) is 13.9. The van der Waals surface area contributed by atoms with Crippen LogP contribution in [0.4, 0.5) is 11.4 Å². The van der Waals surface area contributed by atoms with Crippen LogP contribution in [-0.4, -0.2) is 47.9 Å². The number of nitrogens with zero attached hydrogens (tertiary/aromatic N) is 1. The zero-order chi connectivity index (χ0) is 19.2. The zero-order valence-electron chi connectivity index (χ0n) is 14.8. The number of benzene rings is 2. The van der Waals surface area contributed by atoms with Crippen molar-refractivity contribution in [2.45, 2.75) is 18.9 Å². The molecule has 7 nitrogen and oxygen atoms in total. The lowest BCUT2D eigenvalue weighted by Gasteiger charge is -2.32. The molecule has 27 heavy (non-hydrogen) atoms. The lowest BCUT2D eigenvalue weighted by Crippen LogP contribution is -2.36. The number of rotatable bonds is 6. The lowest BCUT2D eigenvalue weighted by molar-refractivity contribution is -0.139. The van der Waals surface area contributed by atoms with Gasteiger partial charge in [-0.2, -0.15) is 0 Å². The van der Waals surface area contributed by atoms with Gasteiger partial charge in [-0.1, -0.05) is 12.1 Å². The Hall–Kier alpha value is -3.06. The number of aliphatic hydroxyl groups is 1. The molecule has 1 amide bonds. The maximum absolute atomic E-state index is 12.6. The average Bonchev–Trinajstić information content (AvgIpc) is 2.68. The summed E-state index contributed by atoms with van der Waals surface area (Å²) in [4.78, 5) is 25.3. The highest BCUT2D eigenvalue weighted by Crippen LogP contribution is 2.28. The highest BCUT2D eigenvalue weighted by molar-refractivity contribution is 6.06. The third-order valence-electron chi connectivity index (χ3n) is 4.44. The quantitative estimate of drug-likeness (QED) is 0.722. The SMILES string of the molecule is O=C(O)COc1ccc(C(=O)Nc2ccccc2N2CCC(O)CC2)cc1. The second-order valence-electron chi connectivity index (χ2n) is 6.40. The summed E-state index contributed by atoms with van der Waals surface area (Å²) < 4.78 is 5.07.